The maximum atomic E-state index is 12.8. The van der Waals surface area contributed by atoms with E-state index in [-0.39, 0.29) is 31.1 Å². The fourth-order valence-corrected chi connectivity index (χ4v) is 7.28. The molecule has 0 aliphatic heterocycles. The average Bonchev–Trinajstić information content (AvgIpc) is 3.35. The summed E-state index contributed by atoms with van der Waals surface area (Å²) in [5.74, 6) is -0.949. The first kappa shape index (κ1) is 64.8. The van der Waals surface area contributed by atoms with Crippen molar-refractivity contribution in [1.29, 1.82) is 0 Å². The van der Waals surface area contributed by atoms with Crippen molar-refractivity contribution in [3.63, 3.8) is 0 Å². The zero-order chi connectivity index (χ0) is 50.0. The van der Waals surface area contributed by atoms with E-state index in [0.717, 1.165) is 161 Å². The molecule has 1 atom stereocenters. The van der Waals surface area contributed by atoms with Gasteiger partial charge in [-0.15, -0.1) is 0 Å². The Labute approximate surface area is 424 Å². The molecule has 0 saturated carbocycles. The Morgan fingerprint density at radius 2 is 0.565 bits per heavy atom. The first-order valence-corrected chi connectivity index (χ1v) is 28.0. The van der Waals surface area contributed by atoms with Gasteiger partial charge in [0.1, 0.15) is 13.2 Å². The third-order valence-corrected chi connectivity index (χ3v) is 11.4. The van der Waals surface area contributed by atoms with Crippen LogP contribution in [0.5, 0.6) is 0 Å². The van der Waals surface area contributed by atoms with Crippen molar-refractivity contribution in [2.24, 2.45) is 0 Å². The van der Waals surface area contributed by atoms with Crippen LogP contribution in [-0.2, 0) is 28.6 Å². The minimum atomic E-state index is -0.804. The van der Waals surface area contributed by atoms with Crippen LogP contribution in [0.25, 0.3) is 0 Å². The highest BCUT2D eigenvalue weighted by Crippen LogP contribution is 2.14. The van der Waals surface area contributed by atoms with Crippen LogP contribution in [0.4, 0.5) is 0 Å². The predicted molar refractivity (Wildman–Crippen MR) is 297 cm³/mol. The summed E-state index contributed by atoms with van der Waals surface area (Å²) in [4.78, 5) is 38.1. The highest BCUT2D eigenvalue weighted by molar-refractivity contribution is 5.71. The van der Waals surface area contributed by atoms with Gasteiger partial charge < -0.3 is 14.2 Å². The van der Waals surface area contributed by atoms with E-state index in [4.69, 9.17) is 14.2 Å². The second kappa shape index (κ2) is 56.4. The van der Waals surface area contributed by atoms with Crippen LogP contribution < -0.4 is 0 Å². The van der Waals surface area contributed by atoms with E-state index in [0.29, 0.717) is 19.3 Å². The molecule has 69 heavy (non-hydrogen) atoms. The van der Waals surface area contributed by atoms with Crippen molar-refractivity contribution in [3.05, 3.63) is 122 Å². The fourth-order valence-electron chi connectivity index (χ4n) is 7.28. The third-order valence-electron chi connectivity index (χ3n) is 11.4. The number of hydrogen-bond acceptors (Lipinski definition) is 6. The second-order valence-corrected chi connectivity index (χ2v) is 18.1. The zero-order valence-electron chi connectivity index (χ0n) is 44.5. The normalized spacial score (nSPS) is 13.0. The summed E-state index contributed by atoms with van der Waals surface area (Å²) < 4.78 is 16.8. The Morgan fingerprint density at radius 3 is 0.884 bits per heavy atom. The molecule has 0 N–H and O–H groups in total. The van der Waals surface area contributed by atoms with E-state index < -0.39 is 6.10 Å². The first-order chi connectivity index (χ1) is 34.0. The van der Waals surface area contributed by atoms with E-state index in [1.54, 1.807) is 0 Å². The first-order valence-electron chi connectivity index (χ1n) is 28.0. The van der Waals surface area contributed by atoms with Gasteiger partial charge in [-0.05, 0) is 122 Å². The van der Waals surface area contributed by atoms with Crippen molar-refractivity contribution in [1.82, 2.24) is 0 Å². The molecule has 0 amide bonds. The molecule has 0 rings (SSSR count). The molecule has 0 aliphatic carbocycles. The summed E-state index contributed by atoms with van der Waals surface area (Å²) in [6.45, 7) is 6.30. The summed E-state index contributed by atoms with van der Waals surface area (Å²) in [5, 5.41) is 0. The molecule has 390 valence electrons. The Kier molecular flexibility index (Phi) is 53.0. The summed E-state index contributed by atoms with van der Waals surface area (Å²) in [6.07, 6.45) is 77.5. The molecule has 0 radical (unpaired) electrons. The topological polar surface area (TPSA) is 78.9 Å². The van der Waals surface area contributed by atoms with Crippen LogP contribution in [0, 0.1) is 0 Å². The van der Waals surface area contributed by atoms with E-state index in [2.05, 4.69) is 142 Å². The lowest BCUT2D eigenvalue weighted by Crippen LogP contribution is -2.30. The standard InChI is InChI=1S/C63H102O6/c1-4-7-10-13-16-19-22-25-27-29-30-31-32-34-35-38-41-44-47-50-53-56-62(65)68-59-60(58-67-61(64)55-52-49-46-43-40-37-24-21-18-15-12-9-6-3)69-63(66)57-54-51-48-45-42-39-36-33-28-26-23-20-17-14-11-8-5-2/h7-8,10-12,15-17,19-21,24-28,30-31,36,39,60H,4-6,9,13-14,18,22-23,29,32-35,37-38,40-59H2,1-3H3/b10-7-,11-8-,15-12-,19-16-,20-17-,24-21-,27-25-,28-26-,31-30-,39-36-. The van der Waals surface area contributed by atoms with Gasteiger partial charge in [-0.3, -0.25) is 14.4 Å². The van der Waals surface area contributed by atoms with Crippen LogP contribution in [0.2, 0.25) is 0 Å². The van der Waals surface area contributed by atoms with Crippen LogP contribution in [-0.4, -0.2) is 37.2 Å². The molecule has 0 aromatic carbocycles. The Balaban J connectivity index is 4.45. The van der Waals surface area contributed by atoms with Gasteiger partial charge in [0, 0.05) is 19.3 Å². The monoisotopic (exact) mass is 955 g/mol. The smallest absolute Gasteiger partial charge is 0.306 e. The molecule has 0 fully saturated rings. The van der Waals surface area contributed by atoms with Gasteiger partial charge in [0.05, 0.1) is 0 Å². The van der Waals surface area contributed by atoms with E-state index in [1.165, 1.54) is 38.5 Å². The molecular weight excluding hydrogens is 853 g/mol. The minimum Gasteiger partial charge on any atom is -0.462 e. The number of esters is 3. The van der Waals surface area contributed by atoms with Crippen LogP contribution in [0.3, 0.4) is 0 Å². The number of rotatable bonds is 49. The quantitative estimate of drug-likeness (QED) is 0.0262. The summed E-state index contributed by atoms with van der Waals surface area (Å²) in [5.41, 5.74) is 0. The maximum Gasteiger partial charge on any atom is 0.306 e. The Hall–Kier alpha value is -4.19. The van der Waals surface area contributed by atoms with E-state index >= 15 is 0 Å². The zero-order valence-corrected chi connectivity index (χ0v) is 44.5. The van der Waals surface area contributed by atoms with Crippen molar-refractivity contribution < 1.29 is 28.6 Å². The number of ether oxygens (including phenoxy) is 3. The van der Waals surface area contributed by atoms with Crippen molar-refractivity contribution in [3.8, 4) is 0 Å². The molecule has 0 bridgehead atoms. The summed E-state index contributed by atoms with van der Waals surface area (Å²) >= 11 is 0. The lowest BCUT2D eigenvalue weighted by Gasteiger charge is -2.18. The molecule has 0 spiro atoms. The molecule has 0 saturated heterocycles. The number of unbranched alkanes of at least 4 members (excludes halogenated alkanes) is 18. The van der Waals surface area contributed by atoms with Crippen molar-refractivity contribution >= 4 is 17.9 Å². The highest BCUT2D eigenvalue weighted by atomic mass is 16.6. The fraction of sp³-hybridized carbons (Fsp3) is 0.635. The van der Waals surface area contributed by atoms with E-state index in [1.807, 2.05) is 0 Å². The van der Waals surface area contributed by atoms with E-state index in [9.17, 15) is 14.4 Å². The number of carbonyl (C=O) groups excluding carboxylic acids is 3. The molecular formula is C63H102O6. The van der Waals surface area contributed by atoms with Crippen molar-refractivity contribution in [2.75, 3.05) is 13.2 Å². The SMILES string of the molecule is CC/C=C\C/C=C\C/C=C\C/C=C\CCCCCCCCCCC(=O)OCC(COC(=O)CCCCCCC/C=C\C/C=C\CCC)OC(=O)CCCCCC/C=C\C/C=C\C/C=C\C/C=C\CC. The highest BCUT2D eigenvalue weighted by Gasteiger charge is 2.19. The van der Waals surface area contributed by atoms with Gasteiger partial charge in [-0.2, -0.15) is 0 Å². The van der Waals surface area contributed by atoms with Crippen LogP contribution >= 0.6 is 0 Å². The largest absolute Gasteiger partial charge is 0.462 e. The van der Waals surface area contributed by atoms with Gasteiger partial charge in [0.15, 0.2) is 6.10 Å². The predicted octanol–water partition coefficient (Wildman–Crippen LogP) is 18.9. The Morgan fingerprint density at radius 1 is 0.304 bits per heavy atom. The average molecular weight is 956 g/mol. The van der Waals surface area contributed by atoms with Crippen LogP contribution in [0.1, 0.15) is 239 Å². The molecule has 0 aromatic heterocycles. The van der Waals surface area contributed by atoms with Gasteiger partial charge in [-0.25, -0.2) is 0 Å². The van der Waals surface area contributed by atoms with Gasteiger partial charge >= 0.3 is 17.9 Å². The van der Waals surface area contributed by atoms with Gasteiger partial charge in [-0.1, -0.05) is 219 Å². The molecule has 1 unspecified atom stereocenters. The lowest BCUT2D eigenvalue weighted by molar-refractivity contribution is -0.167. The molecule has 6 heteroatoms. The Bertz CT molecular complexity index is 1470. The number of carbonyl (C=O) groups is 3. The summed E-state index contributed by atoms with van der Waals surface area (Å²) in [6, 6.07) is 0. The number of allylic oxidation sites excluding steroid dienone is 20. The maximum absolute atomic E-state index is 12.8. The molecule has 0 aromatic rings. The van der Waals surface area contributed by atoms with Gasteiger partial charge in [0.25, 0.3) is 0 Å². The van der Waals surface area contributed by atoms with Crippen LogP contribution in [0.15, 0.2) is 122 Å². The molecule has 0 heterocycles. The summed E-state index contributed by atoms with van der Waals surface area (Å²) in [7, 11) is 0. The number of hydrogen-bond donors (Lipinski definition) is 0. The lowest BCUT2D eigenvalue weighted by atomic mass is 10.1. The molecule has 0 aliphatic rings. The van der Waals surface area contributed by atoms with Crippen molar-refractivity contribution in [2.45, 2.75) is 245 Å². The third kappa shape index (κ3) is 54.6. The minimum absolute atomic E-state index is 0.100. The molecule has 6 nitrogen and oxygen atoms in total. The second-order valence-electron chi connectivity index (χ2n) is 18.1. The van der Waals surface area contributed by atoms with Gasteiger partial charge in [0.2, 0.25) is 0 Å².